The number of benzene rings is 1. The number of nitrogens with zero attached hydrogens (tertiary/aromatic N) is 2. The first kappa shape index (κ1) is 18.7. The van der Waals surface area contributed by atoms with Gasteiger partial charge >= 0.3 is 12.4 Å². The minimum Gasteiger partial charge on any atom is -0.324 e. The first-order valence-electron chi connectivity index (χ1n) is 6.50. The number of carbonyl (C=O) groups excluding carboxylic acids is 1. The number of nitrogens with one attached hydrogen (secondary N) is 1. The van der Waals surface area contributed by atoms with E-state index in [2.05, 4.69) is 31.5 Å². The lowest BCUT2D eigenvalue weighted by Crippen LogP contribution is -2.40. The van der Waals surface area contributed by atoms with Gasteiger partial charge in [-0.1, -0.05) is 15.9 Å². The van der Waals surface area contributed by atoms with Gasteiger partial charge in [-0.15, -0.1) is 0 Å². The Bertz CT molecular complexity index is 687. The van der Waals surface area contributed by atoms with Crippen molar-refractivity contribution >= 4 is 27.5 Å². The summed E-state index contributed by atoms with van der Waals surface area (Å²) >= 11 is 2.75. The number of alkyl halides is 6. The highest BCUT2D eigenvalue weighted by Gasteiger charge is 2.51. The summed E-state index contributed by atoms with van der Waals surface area (Å²) in [6.07, 6.45) is -9.99. The Morgan fingerprint density at radius 3 is 2.42 bits per heavy atom. The molecule has 1 N–H and O–H groups in total. The number of rotatable bonds is 2. The third kappa shape index (κ3) is 3.87. The molecule has 0 saturated heterocycles. The van der Waals surface area contributed by atoms with E-state index < -0.39 is 41.8 Å². The molecule has 0 fully saturated rings. The Kier molecular flexibility index (Phi) is 4.68. The molecule has 0 saturated carbocycles. The van der Waals surface area contributed by atoms with Gasteiger partial charge in [0.2, 0.25) is 0 Å². The van der Waals surface area contributed by atoms with E-state index in [1.165, 1.54) is 6.07 Å². The number of carbonyl (C=O) groups is 1. The number of anilines is 1. The topological polar surface area (TPSA) is 53.8 Å². The lowest BCUT2D eigenvalue weighted by Gasteiger charge is -2.20. The van der Waals surface area contributed by atoms with E-state index in [4.69, 9.17) is 0 Å². The highest BCUT2D eigenvalue weighted by Crippen LogP contribution is 2.39. The Labute approximate surface area is 140 Å². The molecule has 1 heterocycles. The monoisotopic (exact) mass is 417 g/mol. The largest absolute Gasteiger partial charge is 0.417 e. The molecule has 1 aromatic carbocycles. The molecule has 2 atom stereocenters. The van der Waals surface area contributed by atoms with Crippen molar-refractivity contribution in [3.8, 4) is 0 Å². The summed E-state index contributed by atoms with van der Waals surface area (Å²) in [5.41, 5.74) is -3.03. The van der Waals surface area contributed by atoms with Crippen LogP contribution in [0.2, 0.25) is 0 Å². The van der Waals surface area contributed by atoms with Gasteiger partial charge in [0.05, 0.1) is 5.56 Å². The zero-order chi connectivity index (χ0) is 18.3. The minimum atomic E-state index is -4.65. The van der Waals surface area contributed by atoms with Crippen LogP contribution in [-0.4, -0.2) is 23.7 Å². The van der Waals surface area contributed by atoms with Crippen LogP contribution < -0.4 is 5.32 Å². The number of halogens is 7. The van der Waals surface area contributed by atoms with E-state index in [1.807, 2.05) is 0 Å². The molecule has 0 spiro atoms. The molecule has 4 nitrogen and oxygen atoms in total. The smallest absolute Gasteiger partial charge is 0.324 e. The molecular formula is C13H10BrF6N3O. The second-order valence-electron chi connectivity index (χ2n) is 5.40. The number of amides is 1. The van der Waals surface area contributed by atoms with Crippen molar-refractivity contribution in [1.29, 1.82) is 0 Å². The predicted octanol–water partition coefficient (Wildman–Crippen LogP) is 4.95. The maximum atomic E-state index is 12.8. The van der Waals surface area contributed by atoms with Gasteiger partial charge in [0.1, 0.15) is 0 Å². The molecule has 11 heteroatoms. The number of hydrogen-bond acceptors (Lipinski definition) is 3. The Morgan fingerprint density at radius 2 is 1.92 bits per heavy atom. The summed E-state index contributed by atoms with van der Waals surface area (Å²) in [6, 6.07) is 0.839. The molecule has 24 heavy (non-hydrogen) atoms. The van der Waals surface area contributed by atoms with Crippen molar-refractivity contribution in [1.82, 2.24) is 0 Å². The maximum absolute atomic E-state index is 12.8. The molecule has 2 unspecified atom stereocenters. The summed E-state index contributed by atoms with van der Waals surface area (Å²) < 4.78 is 76.1. The van der Waals surface area contributed by atoms with Crippen molar-refractivity contribution in [2.24, 2.45) is 10.2 Å². The van der Waals surface area contributed by atoms with Crippen LogP contribution in [0.15, 0.2) is 32.9 Å². The molecule has 132 valence electrons. The summed E-state index contributed by atoms with van der Waals surface area (Å²) in [4.78, 5) is 12.1. The van der Waals surface area contributed by atoms with Crippen molar-refractivity contribution in [3.63, 3.8) is 0 Å². The summed E-state index contributed by atoms with van der Waals surface area (Å²) in [5.74, 6) is -0.964. The van der Waals surface area contributed by atoms with E-state index in [0.717, 1.165) is 13.0 Å². The molecule has 0 aromatic heterocycles. The van der Waals surface area contributed by atoms with Gasteiger partial charge in [0.15, 0.2) is 11.6 Å². The third-order valence-corrected chi connectivity index (χ3v) is 4.10. The fourth-order valence-electron chi connectivity index (χ4n) is 2.06. The fourth-order valence-corrected chi connectivity index (χ4v) is 2.53. The van der Waals surface area contributed by atoms with E-state index in [1.54, 1.807) is 0 Å². The van der Waals surface area contributed by atoms with E-state index in [0.29, 0.717) is 6.07 Å². The number of azo groups is 1. The summed E-state index contributed by atoms with van der Waals surface area (Å²) in [7, 11) is 0. The van der Waals surface area contributed by atoms with Crippen molar-refractivity contribution in [3.05, 3.63) is 28.2 Å². The summed E-state index contributed by atoms with van der Waals surface area (Å²) in [5, 5.41) is 8.56. The van der Waals surface area contributed by atoms with E-state index in [-0.39, 0.29) is 10.2 Å². The van der Waals surface area contributed by atoms with Gasteiger partial charge in [0.25, 0.3) is 5.91 Å². The van der Waals surface area contributed by atoms with Gasteiger partial charge in [-0.3, -0.25) is 4.79 Å². The fraction of sp³-hybridized carbons (Fsp3) is 0.462. The van der Waals surface area contributed by atoms with E-state index in [9.17, 15) is 31.1 Å². The molecule has 2 rings (SSSR count). The third-order valence-electron chi connectivity index (χ3n) is 3.41. The van der Waals surface area contributed by atoms with Crippen LogP contribution in [0, 0.1) is 0 Å². The second kappa shape index (κ2) is 6.01. The average Bonchev–Trinajstić information content (AvgIpc) is 2.84. The average molecular weight is 418 g/mol. The molecule has 1 amide bonds. The summed E-state index contributed by atoms with van der Waals surface area (Å²) in [6.45, 7) is 1.14. The quantitative estimate of drug-likeness (QED) is 0.679. The molecule has 1 aliphatic heterocycles. The maximum Gasteiger partial charge on any atom is 0.417 e. The van der Waals surface area contributed by atoms with Crippen molar-refractivity contribution in [2.75, 3.05) is 5.32 Å². The molecular weight excluding hydrogens is 408 g/mol. The zero-order valence-corrected chi connectivity index (χ0v) is 13.6. The standard InChI is InChI=1S/C13H10BrF6N3O/c1-11(5-9(22-23-11)13(18,19)20)10(24)21-6-2-3-8(14)7(4-6)12(15,16)17/h2-4,9H,5H2,1H3,(H,21,24). The number of hydrogen-bond donors (Lipinski definition) is 1. The van der Waals surface area contributed by atoms with Gasteiger partial charge in [-0.2, -0.15) is 36.6 Å². The normalized spacial score (nSPS) is 24.2. The first-order chi connectivity index (χ1) is 10.8. The van der Waals surface area contributed by atoms with Gasteiger partial charge in [0, 0.05) is 16.6 Å². The first-order valence-corrected chi connectivity index (χ1v) is 7.29. The Hall–Kier alpha value is -1.65. The lowest BCUT2D eigenvalue weighted by molar-refractivity contribution is -0.148. The minimum absolute atomic E-state index is 0.206. The lowest BCUT2D eigenvalue weighted by atomic mass is 9.94. The van der Waals surface area contributed by atoms with Crippen LogP contribution in [0.1, 0.15) is 18.9 Å². The molecule has 0 aliphatic carbocycles. The SMILES string of the molecule is CC1(C(=O)Nc2ccc(Br)c(C(F)(F)F)c2)CC(C(F)(F)F)N=N1. The molecule has 0 radical (unpaired) electrons. The van der Waals surface area contributed by atoms with E-state index >= 15 is 0 Å². The van der Waals surface area contributed by atoms with Crippen LogP contribution in [0.25, 0.3) is 0 Å². The predicted molar refractivity (Wildman–Crippen MR) is 75.5 cm³/mol. The Balaban J connectivity index is 2.18. The van der Waals surface area contributed by atoms with Crippen LogP contribution in [-0.2, 0) is 11.0 Å². The van der Waals surface area contributed by atoms with Gasteiger partial charge in [-0.05, 0) is 25.1 Å². The van der Waals surface area contributed by atoms with Crippen LogP contribution in [0.4, 0.5) is 32.0 Å². The molecule has 0 bridgehead atoms. The Morgan fingerprint density at radius 1 is 1.29 bits per heavy atom. The van der Waals surface area contributed by atoms with Crippen LogP contribution in [0.5, 0.6) is 0 Å². The van der Waals surface area contributed by atoms with Gasteiger partial charge in [-0.25, -0.2) is 0 Å². The van der Waals surface area contributed by atoms with Crippen LogP contribution >= 0.6 is 15.9 Å². The zero-order valence-electron chi connectivity index (χ0n) is 12.0. The highest BCUT2D eigenvalue weighted by atomic mass is 79.9. The second-order valence-corrected chi connectivity index (χ2v) is 6.25. The highest BCUT2D eigenvalue weighted by molar-refractivity contribution is 9.10. The molecule has 1 aromatic rings. The van der Waals surface area contributed by atoms with Crippen LogP contribution in [0.3, 0.4) is 0 Å². The molecule has 1 aliphatic rings. The van der Waals surface area contributed by atoms with Crippen molar-refractivity contribution in [2.45, 2.75) is 37.3 Å². The van der Waals surface area contributed by atoms with Gasteiger partial charge < -0.3 is 5.32 Å². The van der Waals surface area contributed by atoms with Crippen molar-refractivity contribution < 1.29 is 31.1 Å².